The number of methoxy groups -OCH3 is 2. The van der Waals surface area contributed by atoms with E-state index in [9.17, 15) is 4.79 Å². The molecule has 4 N–H and O–H groups in total. The molecule has 1 aliphatic rings. The monoisotopic (exact) mass is 380 g/mol. The predicted molar refractivity (Wildman–Crippen MR) is 104 cm³/mol. The molecule has 0 saturated heterocycles. The number of rotatable bonds is 7. The van der Waals surface area contributed by atoms with Crippen LogP contribution in [0.15, 0.2) is 35.0 Å². The van der Waals surface area contributed by atoms with Crippen molar-refractivity contribution in [1.82, 2.24) is 5.32 Å². The highest BCUT2D eigenvalue weighted by Gasteiger charge is 2.22. The Balaban J connectivity index is 2.18. The maximum Gasteiger partial charge on any atom is 0.253 e. The molecule has 1 aliphatic heterocycles. The third kappa shape index (κ3) is 4.23. The number of benzene rings is 1. The minimum atomic E-state index is -0.331. The van der Waals surface area contributed by atoms with Gasteiger partial charge in [-0.15, -0.1) is 0 Å². The first kappa shape index (κ1) is 19.9. The Labute approximate surface area is 158 Å². The summed E-state index contributed by atoms with van der Waals surface area (Å²) in [6.45, 7) is 2.77. The Bertz CT molecular complexity index is 733. The van der Waals surface area contributed by atoms with E-state index in [0.29, 0.717) is 24.0 Å². The van der Waals surface area contributed by atoms with E-state index in [1.54, 1.807) is 21.1 Å². The summed E-state index contributed by atoms with van der Waals surface area (Å²) in [4.78, 5) is 14.6. The molecular weight excluding hydrogens is 356 g/mol. The van der Waals surface area contributed by atoms with Crippen LogP contribution in [0.2, 0.25) is 0 Å². The lowest BCUT2D eigenvalue weighted by Gasteiger charge is -2.18. The van der Waals surface area contributed by atoms with Crippen LogP contribution in [0.25, 0.3) is 0 Å². The Morgan fingerprint density at radius 2 is 2.23 bits per heavy atom. The van der Waals surface area contributed by atoms with Crippen LogP contribution in [0.4, 0.5) is 11.4 Å². The number of nitrogens with two attached hydrogens (primary N) is 1. The lowest BCUT2D eigenvalue weighted by molar-refractivity contribution is -0.117. The van der Waals surface area contributed by atoms with E-state index in [1.807, 2.05) is 19.2 Å². The quantitative estimate of drug-likeness (QED) is 0.496. The predicted octanol–water partition coefficient (Wildman–Crippen LogP) is 2.13. The molecule has 1 amide bonds. The van der Waals surface area contributed by atoms with Crippen molar-refractivity contribution in [3.63, 3.8) is 0 Å². The van der Waals surface area contributed by atoms with Gasteiger partial charge in [0.2, 0.25) is 0 Å². The van der Waals surface area contributed by atoms with Crippen molar-refractivity contribution in [2.45, 2.75) is 19.6 Å². The summed E-state index contributed by atoms with van der Waals surface area (Å²) < 4.78 is 10.6. The average molecular weight is 381 g/mol. The third-order valence-electron chi connectivity index (χ3n) is 4.25. The van der Waals surface area contributed by atoms with Gasteiger partial charge in [-0.25, -0.2) is 0 Å². The minimum absolute atomic E-state index is 0.261. The molecule has 0 spiro atoms. The number of nitrogens with one attached hydrogen (secondary N) is 2. The van der Waals surface area contributed by atoms with Crippen molar-refractivity contribution in [2.75, 3.05) is 38.2 Å². The molecule has 1 aromatic rings. The molecule has 142 valence electrons. The summed E-state index contributed by atoms with van der Waals surface area (Å²) in [6.07, 6.45) is 2.41. The van der Waals surface area contributed by atoms with E-state index in [1.165, 1.54) is 12.3 Å². The van der Waals surface area contributed by atoms with Gasteiger partial charge in [0, 0.05) is 37.5 Å². The first-order valence-electron chi connectivity index (χ1n) is 8.17. The zero-order valence-electron chi connectivity index (χ0n) is 15.4. The highest BCUT2D eigenvalue weighted by molar-refractivity contribution is 6.30. The van der Waals surface area contributed by atoms with E-state index >= 15 is 0 Å². The molecule has 1 aromatic carbocycles. The second kappa shape index (κ2) is 8.82. The zero-order valence-corrected chi connectivity index (χ0v) is 16.2. The molecule has 8 heteroatoms. The summed E-state index contributed by atoms with van der Waals surface area (Å²) in [7, 11) is 5.12. The molecule has 7 nitrogen and oxygen atoms in total. The van der Waals surface area contributed by atoms with E-state index < -0.39 is 0 Å². The van der Waals surface area contributed by atoms with E-state index in [0.717, 1.165) is 16.9 Å². The standard InChI is InChI=1S/C18H25ClN4O3/c1-11(25-3)14(19)7-12(8-20)18(24)21-9-13-16(26-4)6-5-15-17(13)23(2)10-22-15/h5-8,11,22H,9-10,20H2,1-4H3,(H,21,24)/b12-8+,14-7+. The van der Waals surface area contributed by atoms with Crippen LogP contribution in [-0.2, 0) is 16.1 Å². The van der Waals surface area contributed by atoms with Gasteiger partial charge >= 0.3 is 0 Å². The first-order chi connectivity index (χ1) is 12.4. The van der Waals surface area contributed by atoms with E-state index in [4.69, 9.17) is 26.8 Å². The second-order valence-corrected chi connectivity index (χ2v) is 6.32. The van der Waals surface area contributed by atoms with E-state index in [-0.39, 0.29) is 17.6 Å². The number of fused-ring (bicyclic) bond motifs is 1. The number of hydrogen-bond acceptors (Lipinski definition) is 6. The largest absolute Gasteiger partial charge is 0.496 e. The average Bonchev–Trinajstić information content (AvgIpc) is 3.03. The van der Waals surface area contributed by atoms with Gasteiger partial charge in [-0.3, -0.25) is 4.79 Å². The molecule has 0 saturated carbocycles. The zero-order chi connectivity index (χ0) is 19.3. The van der Waals surface area contributed by atoms with Crippen LogP contribution in [-0.4, -0.2) is 39.9 Å². The van der Waals surface area contributed by atoms with Crippen LogP contribution in [0, 0.1) is 0 Å². The van der Waals surface area contributed by atoms with Crippen molar-refractivity contribution in [2.24, 2.45) is 5.73 Å². The SMILES string of the molecule is COc1ccc2c(c1CNC(=O)C(=C/N)/C=C(/Cl)C(C)OC)N(C)CN2. The number of amides is 1. The number of halogens is 1. The van der Waals surface area contributed by atoms with Gasteiger partial charge in [-0.05, 0) is 25.1 Å². The maximum atomic E-state index is 12.5. The van der Waals surface area contributed by atoms with Crippen LogP contribution in [0.5, 0.6) is 5.75 Å². The molecule has 0 aliphatic carbocycles. The van der Waals surface area contributed by atoms with Crippen LogP contribution < -0.4 is 26.0 Å². The Morgan fingerprint density at radius 3 is 2.85 bits per heavy atom. The lowest BCUT2D eigenvalue weighted by atomic mass is 10.1. The summed E-state index contributed by atoms with van der Waals surface area (Å²) >= 11 is 6.13. The normalized spacial score (nSPS) is 15.3. The number of ether oxygens (including phenoxy) is 2. The Morgan fingerprint density at radius 1 is 1.50 bits per heavy atom. The van der Waals surface area contributed by atoms with Gasteiger partial charge in [0.1, 0.15) is 5.75 Å². The van der Waals surface area contributed by atoms with Crippen LogP contribution in [0.1, 0.15) is 12.5 Å². The summed E-state index contributed by atoms with van der Waals surface area (Å²) in [5.74, 6) is 0.377. The van der Waals surface area contributed by atoms with Crippen molar-refractivity contribution < 1.29 is 14.3 Å². The van der Waals surface area contributed by atoms with Crippen LogP contribution >= 0.6 is 11.6 Å². The minimum Gasteiger partial charge on any atom is -0.496 e. The number of nitrogens with zero attached hydrogens (tertiary/aromatic N) is 1. The van der Waals surface area contributed by atoms with Gasteiger partial charge in [0.25, 0.3) is 5.91 Å². The van der Waals surface area contributed by atoms with Gasteiger partial charge in [-0.2, -0.15) is 0 Å². The summed E-state index contributed by atoms with van der Waals surface area (Å²) in [5.41, 5.74) is 8.75. The molecular formula is C18H25ClN4O3. The Kier molecular flexibility index (Phi) is 6.76. The maximum absolute atomic E-state index is 12.5. The third-order valence-corrected chi connectivity index (χ3v) is 4.67. The van der Waals surface area contributed by atoms with Gasteiger partial charge in [0.05, 0.1) is 36.8 Å². The van der Waals surface area contributed by atoms with Crippen LogP contribution in [0.3, 0.4) is 0 Å². The number of anilines is 2. The lowest BCUT2D eigenvalue weighted by Crippen LogP contribution is -2.26. The molecule has 1 unspecified atom stereocenters. The highest BCUT2D eigenvalue weighted by Crippen LogP contribution is 2.39. The smallest absolute Gasteiger partial charge is 0.253 e. The van der Waals surface area contributed by atoms with E-state index in [2.05, 4.69) is 15.5 Å². The first-order valence-corrected chi connectivity index (χ1v) is 8.55. The van der Waals surface area contributed by atoms with Gasteiger partial charge in [0.15, 0.2) is 0 Å². The van der Waals surface area contributed by atoms with Crippen molar-refractivity contribution in [3.05, 3.63) is 40.6 Å². The number of carbonyl (C=O) groups excluding carboxylic acids is 1. The van der Waals surface area contributed by atoms with Crippen molar-refractivity contribution >= 4 is 28.9 Å². The van der Waals surface area contributed by atoms with Gasteiger partial charge in [-0.1, -0.05) is 11.6 Å². The number of hydrogen-bond donors (Lipinski definition) is 3. The molecule has 0 bridgehead atoms. The second-order valence-electron chi connectivity index (χ2n) is 5.89. The summed E-state index contributed by atoms with van der Waals surface area (Å²) in [6, 6.07) is 3.84. The molecule has 2 rings (SSSR count). The molecule has 1 heterocycles. The summed E-state index contributed by atoms with van der Waals surface area (Å²) in [5, 5.41) is 6.56. The highest BCUT2D eigenvalue weighted by atomic mass is 35.5. The molecule has 0 aromatic heterocycles. The fourth-order valence-corrected chi connectivity index (χ4v) is 2.89. The number of carbonyl (C=O) groups is 1. The fourth-order valence-electron chi connectivity index (χ4n) is 2.68. The molecule has 1 atom stereocenters. The Hall–Kier alpha value is -2.38. The molecule has 0 radical (unpaired) electrons. The molecule has 26 heavy (non-hydrogen) atoms. The topological polar surface area (TPSA) is 88.8 Å². The molecule has 0 fully saturated rings. The van der Waals surface area contributed by atoms with Gasteiger partial charge < -0.3 is 30.7 Å². The van der Waals surface area contributed by atoms with Crippen molar-refractivity contribution in [1.29, 1.82) is 0 Å². The fraction of sp³-hybridized carbons (Fsp3) is 0.389. The van der Waals surface area contributed by atoms with Crippen molar-refractivity contribution in [3.8, 4) is 5.75 Å².